The van der Waals surface area contributed by atoms with Gasteiger partial charge in [0, 0.05) is 18.0 Å². The minimum Gasteiger partial charge on any atom is -0.342 e. The Hall–Kier alpha value is -3.02. The normalized spacial score (nSPS) is 13.4. The van der Waals surface area contributed by atoms with Crippen molar-refractivity contribution in [1.82, 2.24) is 19.9 Å². The average Bonchev–Trinajstić information content (AvgIpc) is 3.01. The summed E-state index contributed by atoms with van der Waals surface area (Å²) in [6.07, 6.45) is 3.15. The van der Waals surface area contributed by atoms with Gasteiger partial charge in [0.2, 0.25) is 0 Å². The summed E-state index contributed by atoms with van der Waals surface area (Å²) in [7, 11) is 0. The van der Waals surface area contributed by atoms with Crippen LogP contribution in [0.2, 0.25) is 0 Å². The Morgan fingerprint density at radius 2 is 1.76 bits per heavy atom. The fourth-order valence-corrected chi connectivity index (χ4v) is 2.81. The number of imidazole rings is 1. The molecule has 25 heavy (non-hydrogen) atoms. The van der Waals surface area contributed by atoms with E-state index in [1.807, 2.05) is 42.7 Å². The molecule has 0 fully saturated rings. The third-order valence-electron chi connectivity index (χ3n) is 4.28. The summed E-state index contributed by atoms with van der Waals surface area (Å²) in [6, 6.07) is 10.3. The third-order valence-corrected chi connectivity index (χ3v) is 4.28. The predicted molar refractivity (Wildman–Crippen MR) is 95.2 cm³/mol. The van der Waals surface area contributed by atoms with E-state index < -0.39 is 0 Å². The largest absolute Gasteiger partial charge is 0.342 e. The van der Waals surface area contributed by atoms with Crippen molar-refractivity contribution in [3.8, 4) is 0 Å². The molecule has 128 valence electrons. The first-order valence-electron chi connectivity index (χ1n) is 8.17. The van der Waals surface area contributed by atoms with Crippen LogP contribution in [-0.2, 0) is 4.79 Å². The van der Waals surface area contributed by atoms with Gasteiger partial charge < -0.3 is 9.88 Å². The van der Waals surface area contributed by atoms with Crippen LogP contribution in [0.3, 0.4) is 0 Å². The summed E-state index contributed by atoms with van der Waals surface area (Å²) in [5, 5.41) is 2.95. The molecule has 6 nitrogen and oxygen atoms in total. The number of hydrogen-bond donors (Lipinski definition) is 1. The minimum atomic E-state index is -0.359. The van der Waals surface area contributed by atoms with Gasteiger partial charge in [-0.15, -0.1) is 0 Å². The number of carbonyl (C=O) groups excluding carboxylic acids is 2. The summed E-state index contributed by atoms with van der Waals surface area (Å²) >= 11 is 0. The number of aromatic nitrogens is 3. The molecule has 1 aromatic carbocycles. The molecule has 1 amide bonds. The molecule has 0 aliphatic heterocycles. The first-order valence-corrected chi connectivity index (χ1v) is 8.17. The van der Waals surface area contributed by atoms with Gasteiger partial charge in [0.1, 0.15) is 5.82 Å². The van der Waals surface area contributed by atoms with Crippen molar-refractivity contribution in [2.75, 3.05) is 0 Å². The number of ketones is 1. The Morgan fingerprint density at radius 3 is 2.44 bits per heavy atom. The SMILES string of the molecule is CC(=O)C(C)n1c(C(C)NC(=O)c2ccncc2)nc2ccccc21. The number of hydrogen-bond acceptors (Lipinski definition) is 4. The number of benzene rings is 1. The van der Waals surface area contributed by atoms with Crippen molar-refractivity contribution in [3.63, 3.8) is 0 Å². The molecule has 3 rings (SSSR count). The molecule has 2 heterocycles. The lowest BCUT2D eigenvalue weighted by molar-refractivity contribution is -0.119. The summed E-state index contributed by atoms with van der Waals surface area (Å²) in [6.45, 7) is 5.27. The second kappa shape index (κ2) is 6.84. The molecule has 0 saturated heterocycles. The lowest BCUT2D eigenvalue weighted by atomic mass is 10.2. The molecule has 0 saturated carbocycles. The van der Waals surface area contributed by atoms with E-state index in [0.29, 0.717) is 11.4 Å². The van der Waals surface area contributed by atoms with E-state index in [1.165, 1.54) is 0 Å². The van der Waals surface area contributed by atoms with Crippen molar-refractivity contribution in [1.29, 1.82) is 0 Å². The molecule has 0 aliphatic rings. The maximum Gasteiger partial charge on any atom is 0.251 e. The van der Waals surface area contributed by atoms with Crippen LogP contribution in [0.25, 0.3) is 11.0 Å². The van der Waals surface area contributed by atoms with E-state index in [1.54, 1.807) is 31.5 Å². The van der Waals surface area contributed by atoms with Crippen LogP contribution in [0.15, 0.2) is 48.8 Å². The maximum atomic E-state index is 12.4. The quantitative estimate of drug-likeness (QED) is 0.777. The lowest BCUT2D eigenvalue weighted by Crippen LogP contribution is -2.30. The second-order valence-electron chi connectivity index (χ2n) is 6.05. The van der Waals surface area contributed by atoms with E-state index in [4.69, 9.17) is 0 Å². The van der Waals surface area contributed by atoms with Crippen molar-refractivity contribution in [2.45, 2.75) is 32.9 Å². The predicted octanol–water partition coefficient (Wildman–Crippen LogP) is 3.07. The van der Waals surface area contributed by atoms with Gasteiger partial charge in [0.25, 0.3) is 5.91 Å². The molecule has 0 spiro atoms. The highest BCUT2D eigenvalue weighted by molar-refractivity contribution is 5.94. The van der Waals surface area contributed by atoms with Gasteiger partial charge in [0.05, 0.1) is 23.1 Å². The van der Waals surface area contributed by atoms with Crippen molar-refractivity contribution >= 4 is 22.7 Å². The molecule has 6 heteroatoms. The van der Waals surface area contributed by atoms with Gasteiger partial charge in [-0.2, -0.15) is 0 Å². The molecule has 0 aliphatic carbocycles. The minimum absolute atomic E-state index is 0.0389. The smallest absolute Gasteiger partial charge is 0.251 e. The highest BCUT2D eigenvalue weighted by atomic mass is 16.1. The van der Waals surface area contributed by atoms with Gasteiger partial charge >= 0.3 is 0 Å². The maximum absolute atomic E-state index is 12.4. The van der Waals surface area contributed by atoms with Gasteiger partial charge in [-0.3, -0.25) is 14.6 Å². The monoisotopic (exact) mass is 336 g/mol. The fourth-order valence-electron chi connectivity index (χ4n) is 2.81. The molecule has 0 bridgehead atoms. The number of fused-ring (bicyclic) bond motifs is 1. The zero-order valence-electron chi connectivity index (χ0n) is 14.4. The number of rotatable bonds is 5. The number of carbonyl (C=O) groups is 2. The number of nitrogens with zero attached hydrogens (tertiary/aromatic N) is 3. The highest BCUT2D eigenvalue weighted by Crippen LogP contribution is 2.25. The summed E-state index contributed by atoms with van der Waals surface area (Å²) in [5.74, 6) is 0.493. The fraction of sp³-hybridized carbons (Fsp3) is 0.263. The van der Waals surface area contributed by atoms with E-state index in [9.17, 15) is 9.59 Å². The Bertz CT molecular complexity index is 918. The molecule has 2 aromatic heterocycles. The Labute approximate surface area is 145 Å². The molecule has 1 N–H and O–H groups in total. The molecule has 2 atom stereocenters. The number of amides is 1. The third kappa shape index (κ3) is 3.28. The molecular weight excluding hydrogens is 316 g/mol. The average molecular weight is 336 g/mol. The van der Waals surface area contributed by atoms with E-state index >= 15 is 0 Å². The van der Waals surface area contributed by atoms with Crippen LogP contribution in [0.5, 0.6) is 0 Å². The van der Waals surface area contributed by atoms with Crippen molar-refractivity contribution < 1.29 is 9.59 Å². The Kier molecular flexibility index (Phi) is 4.61. The molecule has 2 unspecified atom stereocenters. The number of para-hydroxylation sites is 2. The molecule has 0 radical (unpaired) electrons. The van der Waals surface area contributed by atoms with Crippen molar-refractivity contribution in [3.05, 3.63) is 60.2 Å². The van der Waals surface area contributed by atoms with E-state index in [-0.39, 0.29) is 23.8 Å². The van der Waals surface area contributed by atoms with Crippen molar-refractivity contribution in [2.24, 2.45) is 0 Å². The first kappa shape index (κ1) is 16.8. The van der Waals surface area contributed by atoms with Gasteiger partial charge in [-0.1, -0.05) is 12.1 Å². The van der Waals surface area contributed by atoms with E-state index in [2.05, 4.69) is 15.3 Å². The Balaban J connectivity index is 1.98. The molecule has 3 aromatic rings. The Morgan fingerprint density at radius 1 is 1.08 bits per heavy atom. The van der Waals surface area contributed by atoms with Gasteiger partial charge in [0.15, 0.2) is 5.78 Å². The van der Waals surface area contributed by atoms with Crippen LogP contribution in [-0.4, -0.2) is 26.2 Å². The zero-order valence-corrected chi connectivity index (χ0v) is 14.4. The molecular formula is C19H20N4O2. The van der Waals surface area contributed by atoms with Crippen LogP contribution >= 0.6 is 0 Å². The van der Waals surface area contributed by atoms with Crippen LogP contribution < -0.4 is 5.32 Å². The number of Topliss-reactive ketones (excluding diaryl/α,β-unsaturated/α-hetero) is 1. The summed E-state index contributed by atoms with van der Waals surface area (Å²) < 4.78 is 1.90. The van der Waals surface area contributed by atoms with Crippen LogP contribution in [0.1, 0.15) is 49.0 Å². The standard InChI is InChI=1S/C19H20N4O2/c1-12(21-19(25)15-8-10-20-11-9-15)18-22-16-6-4-5-7-17(16)23(18)13(2)14(3)24/h4-13H,1-3H3,(H,21,25). The number of pyridine rings is 1. The van der Waals surface area contributed by atoms with Gasteiger partial charge in [-0.05, 0) is 45.0 Å². The summed E-state index contributed by atoms with van der Waals surface area (Å²) in [5.41, 5.74) is 2.21. The highest BCUT2D eigenvalue weighted by Gasteiger charge is 2.23. The zero-order chi connectivity index (χ0) is 18.0. The van der Waals surface area contributed by atoms with Crippen LogP contribution in [0, 0.1) is 0 Å². The first-order chi connectivity index (χ1) is 12.0. The summed E-state index contributed by atoms with van der Waals surface area (Å²) in [4.78, 5) is 32.9. The van der Waals surface area contributed by atoms with Gasteiger partial charge in [-0.25, -0.2) is 4.98 Å². The topological polar surface area (TPSA) is 76.9 Å². The van der Waals surface area contributed by atoms with Crippen LogP contribution in [0.4, 0.5) is 0 Å². The lowest BCUT2D eigenvalue weighted by Gasteiger charge is -2.19. The van der Waals surface area contributed by atoms with E-state index in [0.717, 1.165) is 11.0 Å². The second-order valence-corrected chi connectivity index (χ2v) is 6.05. The number of nitrogens with one attached hydrogen (secondary N) is 1.